The number of hydrogen-bond donors (Lipinski definition) is 0. The smallest absolute Gasteiger partial charge is 0.333 e. The molecule has 0 amide bonds. The number of benzene rings is 1. The molecule has 2 rings (SSSR count). The van der Waals surface area contributed by atoms with Crippen molar-refractivity contribution in [3.05, 3.63) is 47.7 Å². The molecule has 1 fully saturated rings. The Morgan fingerprint density at radius 1 is 1.32 bits per heavy atom. The van der Waals surface area contributed by atoms with Crippen LogP contribution in [0.15, 0.2) is 42.1 Å². The van der Waals surface area contributed by atoms with E-state index in [0.29, 0.717) is 0 Å². The number of hydrogen-bond acceptors (Lipinski definition) is 4. The minimum Gasteiger partial charge on any atom is -0.457 e. The summed E-state index contributed by atoms with van der Waals surface area (Å²) in [5.74, 6) is -0.315. The van der Waals surface area contributed by atoms with Gasteiger partial charge in [0.15, 0.2) is 0 Å². The lowest BCUT2D eigenvalue weighted by atomic mass is 10.2. The second-order valence-corrected chi connectivity index (χ2v) is 6.52. The fraction of sp³-hybridized carbons (Fsp3) is 0.500. The van der Waals surface area contributed by atoms with Gasteiger partial charge in [0.05, 0.1) is 11.8 Å². The number of esters is 1. The zero-order valence-corrected chi connectivity index (χ0v) is 13.8. The Kier molecular flexibility index (Phi) is 5.24. The summed E-state index contributed by atoms with van der Waals surface area (Å²) in [5.41, 5.74) is 1.63. The van der Waals surface area contributed by atoms with Crippen molar-refractivity contribution in [3.8, 4) is 0 Å². The summed E-state index contributed by atoms with van der Waals surface area (Å²) in [7, 11) is 1.68. The minimum atomic E-state index is -0.487. The third-order valence-corrected chi connectivity index (χ3v) is 3.53. The molecule has 1 aliphatic heterocycles. The summed E-state index contributed by atoms with van der Waals surface area (Å²) >= 11 is 0. The van der Waals surface area contributed by atoms with Crippen molar-refractivity contribution in [1.82, 2.24) is 4.90 Å². The number of nitrogens with zero attached hydrogens (tertiary/aromatic N) is 1. The lowest BCUT2D eigenvalue weighted by Crippen LogP contribution is -2.26. The van der Waals surface area contributed by atoms with Crippen LogP contribution in [0.2, 0.25) is 0 Å². The average Bonchev–Trinajstić information content (AvgIpc) is 2.80. The maximum atomic E-state index is 12.1. The summed E-state index contributed by atoms with van der Waals surface area (Å²) in [4.78, 5) is 14.3. The van der Waals surface area contributed by atoms with Gasteiger partial charge in [-0.2, -0.15) is 0 Å². The summed E-state index contributed by atoms with van der Waals surface area (Å²) in [5, 5.41) is 0. The normalized spacial score (nSPS) is 20.5. The van der Waals surface area contributed by atoms with Crippen molar-refractivity contribution in [2.75, 3.05) is 13.7 Å². The molecule has 0 aromatic heterocycles. The maximum Gasteiger partial charge on any atom is 0.333 e. The van der Waals surface area contributed by atoms with Gasteiger partial charge in [-0.1, -0.05) is 30.3 Å². The molecule has 1 aliphatic rings. The first-order valence-electron chi connectivity index (χ1n) is 7.65. The molecule has 120 valence electrons. The monoisotopic (exact) mass is 303 g/mol. The zero-order chi connectivity index (χ0) is 16.2. The summed E-state index contributed by atoms with van der Waals surface area (Å²) in [6, 6.07) is 10.2. The van der Waals surface area contributed by atoms with Crippen LogP contribution >= 0.6 is 0 Å². The Morgan fingerprint density at radius 2 is 2.00 bits per heavy atom. The molecule has 0 N–H and O–H groups in total. The molecular formula is C18H25NO3. The number of likely N-dealkylation sites (tertiary alicyclic amines) is 1. The lowest BCUT2D eigenvalue weighted by molar-refractivity contribution is -0.148. The number of carbonyl (C=O) groups excluding carboxylic acids is 1. The standard InChI is InChI=1S/C18H25NO3/c1-18(2,3)22-17(20)12-15-16(21-4)10-11-19(15)13-14-8-6-5-7-9-14/h5-9,12,16H,10-11,13H2,1-4H3/b15-12-. The Labute approximate surface area is 132 Å². The molecule has 0 bridgehead atoms. The largest absolute Gasteiger partial charge is 0.457 e. The van der Waals surface area contributed by atoms with E-state index in [1.165, 1.54) is 5.56 Å². The van der Waals surface area contributed by atoms with Crippen LogP contribution in [0.25, 0.3) is 0 Å². The highest BCUT2D eigenvalue weighted by atomic mass is 16.6. The van der Waals surface area contributed by atoms with Crippen LogP contribution in [0, 0.1) is 0 Å². The third kappa shape index (κ3) is 4.60. The fourth-order valence-corrected chi connectivity index (χ4v) is 2.60. The van der Waals surface area contributed by atoms with Gasteiger partial charge in [-0.3, -0.25) is 0 Å². The Bertz CT molecular complexity index is 531. The highest BCUT2D eigenvalue weighted by Crippen LogP contribution is 2.26. The Morgan fingerprint density at radius 3 is 2.59 bits per heavy atom. The van der Waals surface area contributed by atoms with Crippen molar-refractivity contribution in [2.24, 2.45) is 0 Å². The van der Waals surface area contributed by atoms with Gasteiger partial charge in [0, 0.05) is 26.3 Å². The molecule has 1 atom stereocenters. The Balaban J connectivity index is 2.14. The third-order valence-electron chi connectivity index (χ3n) is 3.53. The van der Waals surface area contributed by atoms with Crippen LogP contribution < -0.4 is 0 Å². The van der Waals surface area contributed by atoms with E-state index in [-0.39, 0.29) is 12.1 Å². The maximum absolute atomic E-state index is 12.1. The SMILES string of the molecule is COC1CCN(Cc2ccccc2)/C1=C\C(=O)OC(C)(C)C. The Hall–Kier alpha value is -1.81. The van der Waals surface area contributed by atoms with E-state index in [2.05, 4.69) is 17.0 Å². The summed E-state index contributed by atoms with van der Waals surface area (Å²) < 4.78 is 10.9. The molecule has 1 aromatic carbocycles. The van der Waals surface area contributed by atoms with E-state index in [4.69, 9.17) is 9.47 Å². The molecule has 1 heterocycles. The van der Waals surface area contributed by atoms with Crippen LogP contribution in [0.3, 0.4) is 0 Å². The first-order valence-corrected chi connectivity index (χ1v) is 7.65. The van der Waals surface area contributed by atoms with Gasteiger partial charge in [-0.25, -0.2) is 4.79 Å². The number of carbonyl (C=O) groups is 1. The van der Waals surface area contributed by atoms with Crippen molar-refractivity contribution >= 4 is 5.97 Å². The molecule has 1 saturated heterocycles. The molecular weight excluding hydrogens is 278 g/mol. The van der Waals surface area contributed by atoms with Gasteiger partial charge in [-0.15, -0.1) is 0 Å². The van der Waals surface area contributed by atoms with Crippen molar-refractivity contribution in [2.45, 2.75) is 45.4 Å². The van der Waals surface area contributed by atoms with Gasteiger partial charge >= 0.3 is 5.97 Å². The molecule has 0 spiro atoms. The van der Waals surface area contributed by atoms with E-state index >= 15 is 0 Å². The second kappa shape index (κ2) is 6.97. The highest BCUT2D eigenvalue weighted by molar-refractivity contribution is 5.83. The zero-order valence-electron chi connectivity index (χ0n) is 13.8. The van der Waals surface area contributed by atoms with E-state index in [0.717, 1.165) is 25.2 Å². The number of ether oxygens (including phenoxy) is 2. The fourth-order valence-electron chi connectivity index (χ4n) is 2.60. The topological polar surface area (TPSA) is 38.8 Å². The second-order valence-electron chi connectivity index (χ2n) is 6.52. The van der Waals surface area contributed by atoms with Crippen molar-refractivity contribution in [1.29, 1.82) is 0 Å². The summed E-state index contributed by atoms with van der Waals surface area (Å²) in [6.45, 7) is 7.26. The number of rotatable bonds is 4. The molecule has 0 aliphatic carbocycles. The predicted molar refractivity (Wildman–Crippen MR) is 86.2 cm³/mol. The van der Waals surface area contributed by atoms with Crippen LogP contribution in [0.5, 0.6) is 0 Å². The number of methoxy groups -OCH3 is 1. The van der Waals surface area contributed by atoms with Gasteiger partial charge in [0.1, 0.15) is 5.60 Å². The lowest BCUT2D eigenvalue weighted by Gasteiger charge is -2.23. The highest BCUT2D eigenvalue weighted by Gasteiger charge is 2.29. The first-order chi connectivity index (χ1) is 10.4. The van der Waals surface area contributed by atoms with Crippen molar-refractivity contribution in [3.63, 3.8) is 0 Å². The van der Waals surface area contributed by atoms with E-state index in [1.54, 1.807) is 13.2 Å². The van der Waals surface area contributed by atoms with Gasteiger partial charge in [0.2, 0.25) is 0 Å². The van der Waals surface area contributed by atoms with Crippen molar-refractivity contribution < 1.29 is 14.3 Å². The molecule has 0 saturated carbocycles. The average molecular weight is 303 g/mol. The molecule has 4 heteroatoms. The predicted octanol–water partition coefficient (Wildman–Crippen LogP) is 3.13. The van der Waals surface area contributed by atoms with Gasteiger partial charge < -0.3 is 14.4 Å². The van der Waals surface area contributed by atoms with Gasteiger partial charge in [0.25, 0.3) is 0 Å². The van der Waals surface area contributed by atoms with E-state index in [1.807, 2.05) is 39.0 Å². The minimum absolute atomic E-state index is 0.0452. The molecule has 1 unspecified atom stereocenters. The molecule has 0 radical (unpaired) electrons. The van der Waals surface area contributed by atoms with Crippen LogP contribution in [-0.2, 0) is 20.8 Å². The molecule has 22 heavy (non-hydrogen) atoms. The first kappa shape index (κ1) is 16.6. The van der Waals surface area contributed by atoms with Crippen LogP contribution in [0.4, 0.5) is 0 Å². The molecule has 1 aromatic rings. The summed E-state index contributed by atoms with van der Waals surface area (Å²) in [6.07, 6.45) is 2.42. The van der Waals surface area contributed by atoms with Crippen LogP contribution in [-0.4, -0.2) is 36.2 Å². The van der Waals surface area contributed by atoms with E-state index < -0.39 is 5.60 Å². The molecule has 4 nitrogen and oxygen atoms in total. The van der Waals surface area contributed by atoms with Crippen LogP contribution in [0.1, 0.15) is 32.8 Å². The quantitative estimate of drug-likeness (QED) is 0.633. The van der Waals surface area contributed by atoms with Gasteiger partial charge in [-0.05, 0) is 32.8 Å². The van der Waals surface area contributed by atoms with E-state index in [9.17, 15) is 4.79 Å².